The first-order valence-electron chi connectivity index (χ1n) is 6.73. The lowest BCUT2D eigenvalue weighted by Gasteiger charge is -2.13. The van der Waals surface area contributed by atoms with E-state index in [0.29, 0.717) is 12.5 Å². The van der Waals surface area contributed by atoms with E-state index >= 15 is 0 Å². The molecule has 0 spiro atoms. The van der Waals surface area contributed by atoms with Gasteiger partial charge in [0.1, 0.15) is 6.10 Å². The normalized spacial score (nSPS) is 12.7. The molecule has 0 aliphatic carbocycles. The smallest absolute Gasteiger partial charge is 0.191 e. The lowest BCUT2D eigenvalue weighted by atomic mass is 10.1. The van der Waals surface area contributed by atoms with Gasteiger partial charge in [0.25, 0.3) is 0 Å². The van der Waals surface area contributed by atoms with Crippen molar-refractivity contribution < 1.29 is 9.53 Å². The number of aryl methyl sites for hydroxylation is 1. The molecule has 18 heavy (non-hydrogen) atoms. The fourth-order valence-electron chi connectivity index (χ4n) is 1.78. The highest BCUT2D eigenvalue weighted by atomic mass is 16.5. The van der Waals surface area contributed by atoms with Gasteiger partial charge in [0.15, 0.2) is 5.78 Å². The van der Waals surface area contributed by atoms with Crippen LogP contribution in [-0.4, -0.2) is 18.5 Å². The van der Waals surface area contributed by atoms with Crippen molar-refractivity contribution in [2.75, 3.05) is 6.61 Å². The first-order chi connectivity index (χ1) is 8.50. The minimum Gasteiger partial charge on any atom is -0.370 e. The molecule has 100 valence electrons. The zero-order valence-electron chi connectivity index (χ0n) is 11.9. The van der Waals surface area contributed by atoms with Crippen LogP contribution in [0.2, 0.25) is 0 Å². The number of ether oxygens (including phenoxy) is 1. The third-order valence-electron chi connectivity index (χ3n) is 3.00. The fourth-order valence-corrected chi connectivity index (χ4v) is 1.78. The number of hydrogen-bond acceptors (Lipinski definition) is 2. The van der Waals surface area contributed by atoms with Gasteiger partial charge < -0.3 is 4.74 Å². The number of carbonyl (C=O) groups is 1. The number of benzene rings is 1. The topological polar surface area (TPSA) is 26.3 Å². The number of hydrogen-bond donors (Lipinski definition) is 0. The van der Waals surface area contributed by atoms with Gasteiger partial charge in [-0.05, 0) is 32.6 Å². The Hall–Kier alpha value is -1.15. The summed E-state index contributed by atoms with van der Waals surface area (Å²) in [5.74, 6) is 0.760. The quantitative estimate of drug-likeness (QED) is 0.538. The average Bonchev–Trinajstić information content (AvgIpc) is 2.34. The van der Waals surface area contributed by atoms with E-state index in [-0.39, 0.29) is 11.9 Å². The molecule has 0 saturated heterocycles. The van der Waals surface area contributed by atoms with E-state index in [4.69, 9.17) is 4.74 Å². The third-order valence-corrected chi connectivity index (χ3v) is 3.00. The van der Waals surface area contributed by atoms with Gasteiger partial charge in [0, 0.05) is 12.2 Å². The molecule has 0 amide bonds. The summed E-state index contributed by atoms with van der Waals surface area (Å²) in [5.41, 5.74) is 1.90. The molecule has 0 bridgehead atoms. The Balaban J connectivity index is 2.39. The van der Waals surface area contributed by atoms with Gasteiger partial charge in [-0.3, -0.25) is 4.79 Å². The first-order valence-corrected chi connectivity index (χ1v) is 6.73. The van der Waals surface area contributed by atoms with Gasteiger partial charge in [0.2, 0.25) is 0 Å². The van der Waals surface area contributed by atoms with Crippen LogP contribution < -0.4 is 0 Å². The van der Waals surface area contributed by atoms with Crippen LogP contribution in [0.25, 0.3) is 0 Å². The van der Waals surface area contributed by atoms with Crippen LogP contribution in [0.4, 0.5) is 0 Å². The third kappa shape index (κ3) is 5.01. The summed E-state index contributed by atoms with van der Waals surface area (Å²) in [6, 6.07) is 7.65. The summed E-state index contributed by atoms with van der Waals surface area (Å²) in [7, 11) is 0. The minimum absolute atomic E-state index is 0.0690. The zero-order valence-corrected chi connectivity index (χ0v) is 11.9. The summed E-state index contributed by atoms with van der Waals surface area (Å²) in [6.45, 7) is 8.90. The van der Waals surface area contributed by atoms with Gasteiger partial charge in [-0.15, -0.1) is 0 Å². The van der Waals surface area contributed by atoms with Crippen LogP contribution in [0.1, 0.15) is 49.5 Å². The molecule has 1 atom stereocenters. The van der Waals surface area contributed by atoms with Crippen LogP contribution in [-0.2, 0) is 4.74 Å². The van der Waals surface area contributed by atoms with E-state index in [1.54, 1.807) is 0 Å². The SMILES string of the molecule is Cc1ccc(C(=O)C(C)OCCCC(C)C)cc1. The molecule has 0 fully saturated rings. The number of Topliss-reactive ketones (excluding diaryl/α,β-unsaturated/α-hetero) is 1. The van der Waals surface area contributed by atoms with Crippen molar-refractivity contribution in [2.24, 2.45) is 5.92 Å². The maximum atomic E-state index is 12.1. The molecule has 0 N–H and O–H groups in total. The van der Waals surface area contributed by atoms with Gasteiger partial charge in [0.05, 0.1) is 0 Å². The second-order valence-electron chi connectivity index (χ2n) is 5.28. The zero-order chi connectivity index (χ0) is 13.5. The summed E-state index contributed by atoms with van der Waals surface area (Å²) in [6.07, 6.45) is 1.81. The van der Waals surface area contributed by atoms with Crippen molar-refractivity contribution in [1.82, 2.24) is 0 Å². The van der Waals surface area contributed by atoms with Gasteiger partial charge in [-0.1, -0.05) is 43.7 Å². The fraction of sp³-hybridized carbons (Fsp3) is 0.562. The van der Waals surface area contributed by atoms with E-state index in [0.717, 1.165) is 24.0 Å². The second-order valence-corrected chi connectivity index (χ2v) is 5.28. The van der Waals surface area contributed by atoms with Crippen molar-refractivity contribution in [2.45, 2.75) is 46.6 Å². The van der Waals surface area contributed by atoms with E-state index in [2.05, 4.69) is 13.8 Å². The Labute approximate surface area is 110 Å². The Bertz CT molecular complexity index is 365. The Kier molecular flexibility index (Phi) is 6.06. The second kappa shape index (κ2) is 7.32. The van der Waals surface area contributed by atoms with Crippen LogP contribution in [0.5, 0.6) is 0 Å². The minimum atomic E-state index is -0.347. The molecule has 2 nitrogen and oxygen atoms in total. The molecule has 2 heteroatoms. The highest BCUT2D eigenvalue weighted by molar-refractivity contribution is 5.99. The molecule has 1 rings (SSSR count). The van der Waals surface area contributed by atoms with E-state index in [1.807, 2.05) is 38.1 Å². The van der Waals surface area contributed by atoms with Crippen molar-refractivity contribution in [1.29, 1.82) is 0 Å². The largest absolute Gasteiger partial charge is 0.370 e. The van der Waals surface area contributed by atoms with Crippen LogP contribution in [0.3, 0.4) is 0 Å². The van der Waals surface area contributed by atoms with Crippen molar-refractivity contribution in [3.8, 4) is 0 Å². The van der Waals surface area contributed by atoms with E-state index in [1.165, 1.54) is 0 Å². The molecule has 0 saturated carbocycles. The Morgan fingerprint density at radius 3 is 2.33 bits per heavy atom. The average molecular weight is 248 g/mol. The van der Waals surface area contributed by atoms with E-state index in [9.17, 15) is 4.79 Å². The van der Waals surface area contributed by atoms with Crippen LogP contribution in [0.15, 0.2) is 24.3 Å². The summed E-state index contributed by atoms with van der Waals surface area (Å²) in [4.78, 5) is 12.1. The first kappa shape index (κ1) is 14.9. The monoisotopic (exact) mass is 248 g/mol. The van der Waals surface area contributed by atoms with Gasteiger partial charge in [-0.2, -0.15) is 0 Å². The highest BCUT2D eigenvalue weighted by Crippen LogP contribution is 2.10. The molecule has 0 aliphatic rings. The van der Waals surface area contributed by atoms with Gasteiger partial charge >= 0.3 is 0 Å². The maximum absolute atomic E-state index is 12.1. The number of rotatable bonds is 7. The maximum Gasteiger partial charge on any atom is 0.191 e. The molecule has 0 aliphatic heterocycles. The van der Waals surface area contributed by atoms with E-state index < -0.39 is 0 Å². The molecule has 0 heterocycles. The van der Waals surface area contributed by atoms with Crippen LogP contribution in [0, 0.1) is 12.8 Å². The number of carbonyl (C=O) groups excluding carboxylic acids is 1. The molecule has 0 radical (unpaired) electrons. The predicted octanol–water partition coefficient (Wildman–Crippen LogP) is 4.02. The van der Waals surface area contributed by atoms with Gasteiger partial charge in [-0.25, -0.2) is 0 Å². The van der Waals surface area contributed by atoms with Crippen LogP contribution >= 0.6 is 0 Å². The molecule has 1 unspecified atom stereocenters. The molecule has 0 aromatic heterocycles. The van der Waals surface area contributed by atoms with Crippen molar-refractivity contribution >= 4 is 5.78 Å². The summed E-state index contributed by atoms with van der Waals surface area (Å²) in [5, 5.41) is 0. The highest BCUT2D eigenvalue weighted by Gasteiger charge is 2.15. The Morgan fingerprint density at radius 2 is 1.78 bits per heavy atom. The molecular formula is C16H24O2. The molecule has 1 aromatic carbocycles. The van der Waals surface area contributed by atoms with Crippen molar-refractivity contribution in [3.05, 3.63) is 35.4 Å². The summed E-state index contributed by atoms with van der Waals surface area (Å²) >= 11 is 0. The lowest BCUT2D eigenvalue weighted by molar-refractivity contribution is 0.0458. The lowest BCUT2D eigenvalue weighted by Crippen LogP contribution is -2.21. The Morgan fingerprint density at radius 1 is 1.17 bits per heavy atom. The number of ketones is 1. The molecule has 1 aromatic rings. The molecular weight excluding hydrogens is 224 g/mol. The summed E-state index contributed by atoms with van der Waals surface area (Å²) < 4.78 is 5.59. The van der Waals surface area contributed by atoms with Crippen molar-refractivity contribution in [3.63, 3.8) is 0 Å². The standard InChI is InChI=1S/C16H24O2/c1-12(2)6-5-11-18-14(4)16(17)15-9-7-13(3)8-10-15/h7-10,12,14H,5-6,11H2,1-4H3. The predicted molar refractivity (Wildman–Crippen MR) is 75.0 cm³/mol.